The fraction of sp³-hybridized carbons (Fsp3) is 0.444. The van der Waals surface area contributed by atoms with Gasteiger partial charge in [0.1, 0.15) is 5.75 Å². The van der Waals surface area contributed by atoms with E-state index < -0.39 is 0 Å². The maximum absolute atomic E-state index is 5.37. The van der Waals surface area contributed by atoms with Crippen molar-refractivity contribution >= 4 is 5.96 Å². The number of nitrogens with one attached hydrogen (secondary N) is 2. The van der Waals surface area contributed by atoms with E-state index >= 15 is 0 Å². The summed E-state index contributed by atoms with van der Waals surface area (Å²) in [7, 11) is 1.71. The molecule has 0 saturated heterocycles. The second-order valence-electron chi connectivity index (χ2n) is 5.51. The number of aryl methyl sites for hydroxylation is 1. The minimum atomic E-state index is 0.726. The number of methoxy groups -OCH3 is 1. The molecule has 0 bridgehead atoms. The summed E-state index contributed by atoms with van der Waals surface area (Å²) in [6.45, 7) is 7.27. The normalized spacial score (nSPS) is 11.4. The van der Waals surface area contributed by atoms with Crippen LogP contribution in [0.4, 0.5) is 0 Å². The Hall–Kier alpha value is -2.50. The Morgan fingerprint density at radius 2 is 2.21 bits per heavy atom. The summed E-state index contributed by atoms with van der Waals surface area (Å²) in [6, 6.07) is 8.23. The zero-order valence-electron chi connectivity index (χ0n) is 14.7. The number of hydrogen-bond acceptors (Lipinski definition) is 3. The summed E-state index contributed by atoms with van der Waals surface area (Å²) in [5, 5.41) is 10.8. The van der Waals surface area contributed by atoms with Crippen LogP contribution < -0.4 is 15.4 Å². The second-order valence-corrected chi connectivity index (χ2v) is 5.51. The van der Waals surface area contributed by atoms with E-state index in [4.69, 9.17) is 4.74 Å². The molecule has 0 aliphatic rings. The van der Waals surface area contributed by atoms with E-state index in [1.807, 2.05) is 23.9 Å². The summed E-state index contributed by atoms with van der Waals surface area (Å²) in [5.74, 6) is 1.77. The molecule has 2 rings (SSSR count). The van der Waals surface area contributed by atoms with Crippen molar-refractivity contribution in [2.45, 2.75) is 26.8 Å². The molecule has 1 aromatic carbocycles. The first kappa shape index (κ1) is 17.8. The zero-order chi connectivity index (χ0) is 17.2. The highest BCUT2D eigenvalue weighted by molar-refractivity contribution is 5.79. The van der Waals surface area contributed by atoms with Crippen molar-refractivity contribution in [3.05, 3.63) is 47.8 Å². The van der Waals surface area contributed by atoms with Crippen LogP contribution in [0.25, 0.3) is 0 Å². The molecule has 0 radical (unpaired) electrons. The number of nitrogens with zero attached hydrogens (tertiary/aromatic N) is 3. The topological polar surface area (TPSA) is 63.5 Å². The van der Waals surface area contributed by atoms with Crippen molar-refractivity contribution in [1.29, 1.82) is 0 Å². The number of ether oxygens (including phenoxy) is 1. The molecular weight excluding hydrogens is 302 g/mol. The first-order valence-electron chi connectivity index (χ1n) is 8.36. The monoisotopic (exact) mass is 329 g/mol. The Labute approximate surface area is 143 Å². The predicted molar refractivity (Wildman–Crippen MR) is 97.6 cm³/mol. The Morgan fingerprint density at radius 1 is 1.33 bits per heavy atom. The van der Waals surface area contributed by atoms with Gasteiger partial charge < -0.3 is 15.4 Å². The zero-order valence-corrected chi connectivity index (χ0v) is 14.7. The Balaban J connectivity index is 1.83. The lowest BCUT2D eigenvalue weighted by Crippen LogP contribution is -2.39. The molecular formula is C18H27N5O. The molecule has 0 saturated carbocycles. The van der Waals surface area contributed by atoms with Crippen molar-refractivity contribution in [3.8, 4) is 5.75 Å². The minimum absolute atomic E-state index is 0.726. The highest BCUT2D eigenvalue weighted by Gasteiger charge is 2.01. The van der Waals surface area contributed by atoms with E-state index in [2.05, 4.69) is 45.8 Å². The predicted octanol–water partition coefficient (Wildman–Crippen LogP) is 2.00. The van der Waals surface area contributed by atoms with Gasteiger partial charge in [-0.15, -0.1) is 0 Å². The van der Waals surface area contributed by atoms with Crippen molar-refractivity contribution in [2.24, 2.45) is 4.99 Å². The van der Waals surface area contributed by atoms with Crippen LogP contribution in [0.1, 0.15) is 18.1 Å². The molecule has 0 fully saturated rings. The van der Waals surface area contributed by atoms with E-state index in [1.54, 1.807) is 13.3 Å². The minimum Gasteiger partial charge on any atom is -0.496 e. The molecule has 2 aromatic rings. The van der Waals surface area contributed by atoms with Crippen molar-refractivity contribution in [2.75, 3.05) is 26.7 Å². The number of hydrogen-bond donors (Lipinski definition) is 2. The number of rotatable bonds is 8. The largest absolute Gasteiger partial charge is 0.496 e. The number of aliphatic imine (C=N–C) groups is 1. The summed E-state index contributed by atoms with van der Waals surface area (Å²) < 4.78 is 7.27. The standard InChI is InChI=1S/C18H27N5O/c1-4-19-18(21-11-13-23-12-5-9-22-23)20-10-8-16-7-6-15(2)17(14-16)24-3/h5-7,9,12,14H,4,8,10-11,13H2,1-3H3,(H2,19,20,21). The smallest absolute Gasteiger partial charge is 0.191 e. The number of guanidine groups is 1. The molecule has 0 aliphatic heterocycles. The first-order valence-corrected chi connectivity index (χ1v) is 8.36. The van der Waals surface area contributed by atoms with E-state index in [0.29, 0.717) is 0 Å². The first-order chi connectivity index (χ1) is 11.7. The van der Waals surface area contributed by atoms with Gasteiger partial charge in [-0.2, -0.15) is 5.10 Å². The highest BCUT2D eigenvalue weighted by Crippen LogP contribution is 2.19. The fourth-order valence-corrected chi connectivity index (χ4v) is 2.38. The lowest BCUT2D eigenvalue weighted by Gasteiger charge is -2.11. The molecule has 2 N–H and O–H groups in total. The molecule has 0 atom stereocenters. The van der Waals surface area contributed by atoms with Gasteiger partial charge in [0.15, 0.2) is 5.96 Å². The quantitative estimate of drug-likeness (QED) is 0.574. The van der Waals surface area contributed by atoms with Gasteiger partial charge >= 0.3 is 0 Å². The number of aromatic nitrogens is 2. The van der Waals surface area contributed by atoms with Gasteiger partial charge in [-0.05, 0) is 43.5 Å². The molecule has 6 nitrogen and oxygen atoms in total. The lowest BCUT2D eigenvalue weighted by molar-refractivity contribution is 0.411. The van der Waals surface area contributed by atoms with Crippen LogP contribution in [0.3, 0.4) is 0 Å². The molecule has 6 heteroatoms. The van der Waals surface area contributed by atoms with E-state index in [0.717, 1.165) is 49.9 Å². The molecule has 1 aromatic heterocycles. The lowest BCUT2D eigenvalue weighted by atomic mass is 10.1. The Bertz CT molecular complexity index is 637. The molecule has 24 heavy (non-hydrogen) atoms. The van der Waals surface area contributed by atoms with E-state index in [-0.39, 0.29) is 0 Å². The maximum atomic E-state index is 5.37. The maximum Gasteiger partial charge on any atom is 0.191 e. The SMILES string of the molecule is CCNC(=NCCc1ccc(C)c(OC)c1)NCCn1cccn1. The van der Waals surface area contributed by atoms with Crippen LogP contribution in [0.2, 0.25) is 0 Å². The molecule has 1 heterocycles. The van der Waals surface area contributed by atoms with Crippen molar-refractivity contribution < 1.29 is 4.74 Å². The summed E-state index contributed by atoms with van der Waals surface area (Å²) in [5.41, 5.74) is 2.38. The van der Waals surface area contributed by atoms with Crippen LogP contribution >= 0.6 is 0 Å². The Kier molecular flexibility index (Phi) is 7.14. The van der Waals surface area contributed by atoms with Crippen LogP contribution in [0.15, 0.2) is 41.7 Å². The van der Waals surface area contributed by atoms with Crippen LogP contribution in [-0.2, 0) is 13.0 Å². The van der Waals surface area contributed by atoms with E-state index in [9.17, 15) is 0 Å². The summed E-state index contributed by atoms with van der Waals surface area (Å²) in [6.07, 6.45) is 4.62. The second kappa shape index (κ2) is 9.60. The van der Waals surface area contributed by atoms with Gasteiger partial charge in [0.2, 0.25) is 0 Å². The third-order valence-corrected chi connectivity index (χ3v) is 3.68. The summed E-state index contributed by atoms with van der Waals surface area (Å²) in [4.78, 5) is 4.63. The van der Waals surface area contributed by atoms with Gasteiger partial charge in [-0.1, -0.05) is 12.1 Å². The van der Waals surface area contributed by atoms with Gasteiger partial charge in [-0.3, -0.25) is 9.67 Å². The van der Waals surface area contributed by atoms with Crippen LogP contribution in [0.5, 0.6) is 5.75 Å². The van der Waals surface area contributed by atoms with Gasteiger partial charge in [0.05, 0.1) is 13.7 Å². The molecule has 0 amide bonds. The van der Waals surface area contributed by atoms with Gasteiger partial charge in [0.25, 0.3) is 0 Å². The van der Waals surface area contributed by atoms with Gasteiger partial charge in [-0.25, -0.2) is 0 Å². The van der Waals surface area contributed by atoms with Gasteiger partial charge in [0, 0.05) is 32.0 Å². The third kappa shape index (κ3) is 5.61. The average Bonchev–Trinajstić information content (AvgIpc) is 3.09. The summed E-state index contributed by atoms with van der Waals surface area (Å²) >= 11 is 0. The molecule has 130 valence electrons. The highest BCUT2D eigenvalue weighted by atomic mass is 16.5. The third-order valence-electron chi connectivity index (χ3n) is 3.68. The molecule has 0 unspecified atom stereocenters. The number of benzene rings is 1. The van der Waals surface area contributed by atoms with Crippen molar-refractivity contribution in [3.63, 3.8) is 0 Å². The fourth-order valence-electron chi connectivity index (χ4n) is 2.38. The van der Waals surface area contributed by atoms with Crippen LogP contribution in [-0.4, -0.2) is 42.5 Å². The average molecular weight is 329 g/mol. The molecule has 0 aliphatic carbocycles. The molecule has 0 spiro atoms. The Morgan fingerprint density at radius 3 is 2.92 bits per heavy atom. The van der Waals surface area contributed by atoms with Crippen LogP contribution in [0, 0.1) is 6.92 Å². The van der Waals surface area contributed by atoms with E-state index in [1.165, 1.54) is 5.56 Å². The van der Waals surface area contributed by atoms with Crippen molar-refractivity contribution in [1.82, 2.24) is 20.4 Å².